The third-order valence-electron chi connectivity index (χ3n) is 3.58. The van der Waals surface area contributed by atoms with Crippen molar-refractivity contribution in [2.24, 2.45) is 0 Å². The van der Waals surface area contributed by atoms with Crippen LogP contribution in [0.25, 0.3) is 0 Å². The average Bonchev–Trinajstić information content (AvgIpc) is 2.49. The fourth-order valence-electron chi connectivity index (χ4n) is 2.31. The molecule has 0 atom stereocenters. The molecule has 0 saturated heterocycles. The predicted octanol–water partition coefficient (Wildman–Crippen LogP) is 2.51. The van der Waals surface area contributed by atoms with Crippen molar-refractivity contribution in [1.82, 2.24) is 0 Å². The van der Waals surface area contributed by atoms with E-state index in [1.54, 1.807) is 37.3 Å². The highest BCUT2D eigenvalue weighted by Crippen LogP contribution is 2.23. The van der Waals surface area contributed by atoms with Crippen molar-refractivity contribution in [3.8, 4) is 0 Å². The number of aliphatic hydroxyl groups is 1. The topological polar surface area (TPSA) is 97.5 Å². The second kappa shape index (κ2) is 6.89. The van der Waals surface area contributed by atoms with Crippen molar-refractivity contribution in [2.75, 3.05) is 0 Å². The molecule has 6 nitrogen and oxygen atoms in total. The molecule has 0 radical (unpaired) electrons. The normalized spacial score (nSPS) is 11.4. The van der Waals surface area contributed by atoms with Gasteiger partial charge in [0.1, 0.15) is 0 Å². The predicted molar refractivity (Wildman–Crippen MR) is 86.5 cm³/mol. The van der Waals surface area contributed by atoms with Gasteiger partial charge >= 0.3 is 0 Å². The van der Waals surface area contributed by atoms with E-state index < -0.39 is 14.8 Å². The van der Waals surface area contributed by atoms with Gasteiger partial charge in [-0.1, -0.05) is 36.4 Å². The van der Waals surface area contributed by atoms with Crippen LogP contribution in [0, 0.1) is 17.0 Å². The molecule has 2 aromatic carbocycles. The largest absolute Gasteiger partial charge is 0.392 e. The Labute approximate surface area is 134 Å². The minimum atomic E-state index is -3.46. The number of nitro benzene ring substituents is 1. The summed E-state index contributed by atoms with van der Waals surface area (Å²) in [6, 6.07) is 11.1. The zero-order valence-corrected chi connectivity index (χ0v) is 13.4. The summed E-state index contributed by atoms with van der Waals surface area (Å²) in [5.41, 5.74) is 2.05. The van der Waals surface area contributed by atoms with Gasteiger partial charge in [0.25, 0.3) is 5.69 Å². The Kier molecular flexibility index (Phi) is 5.12. The maximum absolute atomic E-state index is 12.3. The number of benzene rings is 2. The lowest BCUT2D eigenvalue weighted by molar-refractivity contribution is -0.385. The van der Waals surface area contributed by atoms with Gasteiger partial charge in [-0.3, -0.25) is 10.1 Å². The van der Waals surface area contributed by atoms with Gasteiger partial charge in [0, 0.05) is 11.6 Å². The summed E-state index contributed by atoms with van der Waals surface area (Å²) in [6.07, 6.45) is 0. The van der Waals surface area contributed by atoms with Crippen LogP contribution in [0.15, 0.2) is 42.5 Å². The van der Waals surface area contributed by atoms with E-state index in [4.69, 9.17) is 5.11 Å². The molecule has 0 heterocycles. The first-order chi connectivity index (χ1) is 10.8. The molecule has 0 fully saturated rings. The molecule has 0 aliphatic heterocycles. The molecule has 0 amide bonds. The second-order valence-electron chi connectivity index (χ2n) is 5.33. The van der Waals surface area contributed by atoms with Crippen molar-refractivity contribution in [1.29, 1.82) is 0 Å². The fraction of sp³-hybridized carbons (Fsp3) is 0.250. The van der Waals surface area contributed by atoms with Crippen molar-refractivity contribution >= 4 is 15.5 Å². The number of sulfone groups is 1. The number of aliphatic hydroxyl groups excluding tert-OH is 1. The Morgan fingerprint density at radius 3 is 2.22 bits per heavy atom. The number of nitrogens with zero attached hydrogens (tertiary/aromatic N) is 1. The highest BCUT2D eigenvalue weighted by Gasteiger charge is 2.19. The van der Waals surface area contributed by atoms with Gasteiger partial charge in [-0.2, -0.15) is 0 Å². The summed E-state index contributed by atoms with van der Waals surface area (Å²) in [5.74, 6) is -0.400. The Morgan fingerprint density at radius 2 is 1.65 bits per heavy atom. The van der Waals surface area contributed by atoms with Gasteiger partial charge in [-0.25, -0.2) is 8.42 Å². The molecule has 0 aromatic heterocycles. The average molecular weight is 335 g/mol. The first-order valence-corrected chi connectivity index (χ1v) is 8.76. The highest BCUT2D eigenvalue weighted by atomic mass is 32.2. The van der Waals surface area contributed by atoms with Gasteiger partial charge < -0.3 is 5.11 Å². The van der Waals surface area contributed by atoms with E-state index in [0.717, 1.165) is 0 Å². The maximum Gasteiger partial charge on any atom is 0.272 e. The molecule has 0 aliphatic rings. The first kappa shape index (κ1) is 17.1. The molecule has 7 heteroatoms. The van der Waals surface area contributed by atoms with E-state index in [0.29, 0.717) is 22.3 Å². The molecule has 0 unspecified atom stereocenters. The third kappa shape index (κ3) is 4.37. The zero-order chi connectivity index (χ0) is 17.0. The number of nitro groups is 1. The molecule has 0 saturated carbocycles. The van der Waals surface area contributed by atoms with Crippen LogP contribution in [-0.2, 0) is 27.9 Å². The lowest BCUT2D eigenvalue weighted by Crippen LogP contribution is -2.09. The lowest BCUT2D eigenvalue weighted by Gasteiger charge is -2.08. The minimum Gasteiger partial charge on any atom is -0.392 e. The molecule has 2 aromatic rings. The summed E-state index contributed by atoms with van der Waals surface area (Å²) >= 11 is 0. The van der Waals surface area contributed by atoms with Gasteiger partial charge in [0.05, 0.1) is 23.0 Å². The molecule has 0 aliphatic carbocycles. The van der Waals surface area contributed by atoms with Crippen LogP contribution >= 0.6 is 0 Å². The third-order valence-corrected chi connectivity index (χ3v) is 5.11. The molecule has 23 heavy (non-hydrogen) atoms. The molecular formula is C16H17NO5S. The summed E-state index contributed by atoms with van der Waals surface area (Å²) in [7, 11) is -3.46. The standard InChI is InChI=1S/C16H17NO5S/c1-12-15(3-2-4-16(12)17(19)20)11-23(21,22)10-14-7-5-13(9-18)6-8-14/h2-8,18H,9-11H2,1H3. The van der Waals surface area contributed by atoms with Crippen molar-refractivity contribution in [3.63, 3.8) is 0 Å². The van der Waals surface area contributed by atoms with Crippen LogP contribution in [0.3, 0.4) is 0 Å². The van der Waals surface area contributed by atoms with E-state index in [1.165, 1.54) is 12.1 Å². The quantitative estimate of drug-likeness (QED) is 0.646. The SMILES string of the molecule is Cc1c(CS(=O)(=O)Cc2ccc(CO)cc2)cccc1[N+](=O)[O-]. The Morgan fingerprint density at radius 1 is 1.04 bits per heavy atom. The maximum atomic E-state index is 12.3. The van der Waals surface area contributed by atoms with Crippen molar-refractivity contribution < 1.29 is 18.4 Å². The van der Waals surface area contributed by atoms with E-state index in [9.17, 15) is 18.5 Å². The molecule has 1 N–H and O–H groups in total. The number of rotatable bonds is 6. The van der Waals surface area contributed by atoms with Crippen molar-refractivity contribution in [3.05, 3.63) is 74.8 Å². The van der Waals surface area contributed by atoms with E-state index >= 15 is 0 Å². The molecule has 2 rings (SSSR count). The molecule has 0 bridgehead atoms. The van der Waals surface area contributed by atoms with Crippen LogP contribution in [0.2, 0.25) is 0 Å². The monoisotopic (exact) mass is 335 g/mol. The van der Waals surface area contributed by atoms with Gasteiger partial charge in [-0.05, 0) is 23.6 Å². The lowest BCUT2D eigenvalue weighted by atomic mass is 10.1. The van der Waals surface area contributed by atoms with Crippen LogP contribution in [0.4, 0.5) is 5.69 Å². The molecule has 122 valence electrons. The van der Waals surface area contributed by atoms with Crippen molar-refractivity contribution in [2.45, 2.75) is 25.0 Å². The summed E-state index contributed by atoms with van der Waals surface area (Å²) in [5, 5.41) is 19.9. The first-order valence-electron chi connectivity index (χ1n) is 6.94. The van der Waals surface area contributed by atoms with Gasteiger partial charge in [-0.15, -0.1) is 0 Å². The molecular weight excluding hydrogens is 318 g/mol. The zero-order valence-electron chi connectivity index (χ0n) is 12.6. The summed E-state index contributed by atoms with van der Waals surface area (Å²) in [4.78, 5) is 10.4. The van der Waals surface area contributed by atoms with Crippen LogP contribution < -0.4 is 0 Å². The van der Waals surface area contributed by atoms with Crippen LogP contribution in [-0.4, -0.2) is 18.4 Å². The number of hydrogen-bond donors (Lipinski definition) is 1. The number of hydrogen-bond acceptors (Lipinski definition) is 5. The van der Waals surface area contributed by atoms with Crippen LogP contribution in [0.5, 0.6) is 0 Å². The molecule has 0 spiro atoms. The second-order valence-corrected chi connectivity index (χ2v) is 7.39. The fourth-order valence-corrected chi connectivity index (χ4v) is 3.90. The van der Waals surface area contributed by atoms with E-state index in [-0.39, 0.29) is 23.8 Å². The summed E-state index contributed by atoms with van der Waals surface area (Å²) < 4.78 is 24.7. The highest BCUT2D eigenvalue weighted by molar-refractivity contribution is 7.89. The van der Waals surface area contributed by atoms with E-state index in [1.807, 2.05) is 0 Å². The van der Waals surface area contributed by atoms with Gasteiger partial charge in [0.15, 0.2) is 9.84 Å². The van der Waals surface area contributed by atoms with E-state index in [2.05, 4.69) is 0 Å². The Balaban J connectivity index is 2.21. The van der Waals surface area contributed by atoms with Gasteiger partial charge in [0.2, 0.25) is 0 Å². The summed E-state index contributed by atoms with van der Waals surface area (Å²) in [6.45, 7) is 1.46. The smallest absolute Gasteiger partial charge is 0.272 e. The Bertz CT molecular complexity index is 813. The Hall–Kier alpha value is -2.25. The van der Waals surface area contributed by atoms with Crippen LogP contribution in [0.1, 0.15) is 22.3 Å². The minimum absolute atomic E-state index is 0.0787.